The number of methoxy groups -OCH3 is 1. The largest absolute Gasteiger partial charge is 0.497 e. The zero-order valence-electron chi connectivity index (χ0n) is 19.7. The third-order valence-corrected chi connectivity index (χ3v) is 5.82. The van der Waals surface area contributed by atoms with E-state index in [1.165, 1.54) is 12.1 Å². The van der Waals surface area contributed by atoms with Crippen molar-refractivity contribution in [1.29, 1.82) is 0 Å². The number of fused-ring (bicyclic) bond motifs is 1. The van der Waals surface area contributed by atoms with Crippen molar-refractivity contribution in [3.05, 3.63) is 101 Å². The minimum absolute atomic E-state index is 0.0602. The maximum atomic E-state index is 13.1. The molecular weight excluding hydrogens is 444 g/mol. The Balaban J connectivity index is 1.55. The quantitative estimate of drug-likeness (QED) is 0.353. The highest BCUT2D eigenvalue weighted by atomic mass is 16.5. The molecule has 35 heavy (non-hydrogen) atoms. The van der Waals surface area contributed by atoms with E-state index < -0.39 is 11.9 Å². The number of aromatic carboxylic acids is 1. The molecule has 0 aliphatic carbocycles. The first-order valence-electron chi connectivity index (χ1n) is 11.1. The molecule has 0 atom stereocenters. The zero-order chi connectivity index (χ0) is 25.2. The summed E-state index contributed by atoms with van der Waals surface area (Å²) in [6, 6.07) is 18.3. The van der Waals surface area contributed by atoms with Crippen LogP contribution in [0.2, 0.25) is 0 Å². The molecule has 7 heteroatoms. The van der Waals surface area contributed by atoms with Crippen molar-refractivity contribution in [2.75, 3.05) is 12.4 Å². The molecule has 0 bridgehead atoms. The van der Waals surface area contributed by atoms with Gasteiger partial charge in [-0.2, -0.15) is 0 Å². The van der Waals surface area contributed by atoms with E-state index in [-0.39, 0.29) is 22.4 Å². The minimum atomic E-state index is -1.18. The third kappa shape index (κ3) is 5.24. The van der Waals surface area contributed by atoms with Crippen molar-refractivity contribution < 1.29 is 24.2 Å². The van der Waals surface area contributed by atoms with E-state index in [2.05, 4.69) is 24.5 Å². The number of ketones is 1. The molecule has 1 heterocycles. The van der Waals surface area contributed by atoms with Crippen molar-refractivity contribution in [3.63, 3.8) is 0 Å². The van der Waals surface area contributed by atoms with E-state index in [4.69, 9.17) is 4.74 Å². The highest BCUT2D eigenvalue weighted by molar-refractivity contribution is 6.11. The Morgan fingerprint density at radius 3 is 2.34 bits per heavy atom. The molecule has 0 spiro atoms. The van der Waals surface area contributed by atoms with Crippen LogP contribution >= 0.6 is 0 Å². The summed E-state index contributed by atoms with van der Waals surface area (Å²) in [5.41, 5.74) is 3.46. The molecule has 0 radical (unpaired) electrons. The first-order valence-corrected chi connectivity index (χ1v) is 11.1. The molecule has 0 saturated heterocycles. The summed E-state index contributed by atoms with van der Waals surface area (Å²) in [6.45, 7) is 4.16. The van der Waals surface area contributed by atoms with Gasteiger partial charge in [0.25, 0.3) is 5.91 Å². The first-order chi connectivity index (χ1) is 16.7. The second kappa shape index (κ2) is 9.46. The molecule has 1 aliphatic rings. The van der Waals surface area contributed by atoms with E-state index in [1.807, 2.05) is 18.2 Å². The van der Waals surface area contributed by atoms with E-state index in [9.17, 15) is 19.5 Å². The Morgan fingerprint density at radius 2 is 1.69 bits per heavy atom. The number of carboxylic acid groups (broad SMARTS) is 1. The monoisotopic (exact) mass is 470 g/mol. The number of benzene rings is 3. The lowest BCUT2D eigenvalue weighted by atomic mass is 9.85. The molecule has 7 nitrogen and oxygen atoms in total. The fraction of sp³-hybridized carbons (Fsp3) is 0.179. The number of nitrogens with one attached hydrogen (secondary N) is 2. The van der Waals surface area contributed by atoms with Gasteiger partial charge in [0, 0.05) is 34.1 Å². The predicted octanol–water partition coefficient (Wildman–Crippen LogP) is 4.79. The molecule has 0 unspecified atom stereocenters. The molecule has 3 N–H and O–H groups in total. The topological polar surface area (TPSA) is 105 Å². The molecule has 4 rings (SSSR count). The highest BCUT2D eigenvalue weighted by Gasteiger charge is 2.28. The lowest BCUT2D eigenvalue weighted by Crippen LogP contribution is -2.43. The molecule has 1 aliphatic heterocycles. The number of allylic oxidation sites excluding steroid dienone is 1. The van der Waals surface area contributed by atoms with E-state index in [0.717, 1.165) is 23.2 Å². The third-order valence-electron chi connectivity index (χ3n) is 5.82. The van der Waals surface area contributed by atoms with Crippen molar-refractivity contribution in [2.24, 2.45) is 0 Å². The summed E-state index contributed by atoms with van der Waals surface area (Å²) in [7, 11) is 1.61. The normalized spacial score (nSPS) is 15.0. The van der Waals surface area contributed by atoms with E-state index in [0.29, 0.717) is 17.0 Å². The fourth-order valence-corrected chi connectivity index (χ4v) is 4.15. The van der Waals surface area contributed by atoms with Gasteiger partial charge in [0.15, 0.2) is 5.78 Å². The van der Waals surface area contributed by atoms with E-state index in [1.54, 1.807) is 49.6 Å². The average Bonchev–Trinajstić information content (AvgIpc) is 2.83. The van der Waals surface area contributed by atoms with Crippen molar-refractivity contribution in [1.82, 2.24) is 5.32 Å². The van der Waals surface area contributed by atoms with Gasteiger partial charge < -0.3 is 20.5 Å². The Kier molecular flexibility index (Phi) is 6.42. The summed E-state index contributed by atoms with van der Waals surface area (Å²) < 4.78 is 5.36. The summed E-state index contributed by atoms with van der Waals surface area (Å²) in [5, 5.41) is 15.4. The first kappa shape index (κ1) is 23.8. The number of carbonyl (C=O) groups is 3. The number of carbonyl (C=O) groups excluding carboxylic acids is 2. The number of amides is 1. The van der Waals surface area contributed by atoms with Gasteiger partial charge in [-0.1, -0.05) is 18.2 Å². The number of ether oxygens (including phenoxy) is 1. The summed E-state index contributed by atoms with van der Waals surface area (Å²) in [4.78, 5) is 37.0. The van der Waals surface area contributed by atoms with Gasteiger partial charge in [0.2, 0.25) is 0 Å². The predicted molar refractivity (Wildman–Crippen MR) is 134 cm³/mol. The SMILES string of the molecule is COc1ccc2c(c1)/C(=C/C(=O)c1ccc(NC(=O)c3ccccc3C(=O)O)cc1)NC(C)(C)C2. The maximum Gasteiger partial charge on any atom is 0.336 e. The van der Waals surface area contributed by atoms with Crippen LogP contribution in [0.15, 0.2) is 72.8 Å². The van der Waals surface area contributed by atoms with Crippen LogP contribution in [-0.4, -0.2) is 35.4 Å². The van der Waals surface area contributed by atoms with Crippen LogP contribution in [0.25, 0.3) is 5.70 Å². The molecule has 3 aromatic carbocycles. The Bertz CT molecular complexity index is 1340. The van der Waals surface area contributed by atoms with Crippen LogP contribution in [-0.2, 0) is 6.42 Å². The van der Waals surface area contributed by atoms with Gasteiger partial charge in [0.1, 0.15) is 5.75 Å². The number of rotatable bonds is 6. The second-order valence-corrected chi connectivity index (χ2v) is 9.01. The number of hydrogen-bond donors (Lipinski definition) is 3. The maximum absolute atomic E-state index is 13.1. The van der Waals surface area contributed by atoms with Crippen LogP contribution in [0, 0.1) is 0 Å². The lowest BCUT2D eigenvalue weighted by Gasteiger charge is -2.35. The Hall–Kier alpha value is -4.39. The molecular formula is C28H26N2O5. The van der Waals surface area contributed by atoms with Crippen LogP contribution < -0.4 is 15.4 Å². The number of anilines is 1. The Morgan fingerprint density at radius 1 is 1.00 bits per heavy atom. The van der Waals surface area contributed by atoms with Crippen molar-refractivity contribution in [2.45, 2.75) is 25.8 Å². The van der Waals surface area contributed by atoms with Gasteiger partial charge in [0.05, 0.1) is 18.2 Å². The van der Waals surface area contributed by atoms with Gasteiger partial charge in [-0.25, -0.2) is 4.79 Å². The van der Waals surface area contributed by atoms with Crippen molar-refractivity contribution >= 4 is 29.0 Å². The van der Waals surface area contributed by atoms with Gasteiger partial charge in [-0.15, -0.1) is 0 Å². The van der Waals surface area contributed by atoms with Gasteiger partial charge in [-0.3, -0.25) is 9.59 Å². The van der Waals surface area contributed by atoms with Crippen LogP contribution in [0.3, 0.4) is 0 Å². The van der Waals surface area contributed by atoms with Gasteiger partial charge in [-0.05, 0) is 74.4 Å². The standard InChI is InChI=1S/C28H26N2O5/c1-28(2)16-18-10-13-20(35-3)14-23(18)24(30-28)15-25(31)17-8-11-19(12-9-17)29-26(32)21-6-4-5-7-22(21)27(33)34/h4-15,30H,16H2,1-3H3,(H,29,32)(H,33,34)/b24-15-. The summed E-state index contributed by atoms with van der Waals surface area (Å²) >= 11 is 0. The zero-order valence-corrected chi connectivity index (χ0v) is 19.7. The summed E-state index contributed by atoms with van der Waals surface area (Å²) in [6.07, 6.45) is 2.40. The lowest BCUT2D eigenvalue weighted by molar-refractivity contribution is 0.0692. The summed E-state index contributed by atoms with van der Waals surface area (Å²) in [5.74, 6) is -1.19. The van der Waals surface area contributed by atoms with Crippen LogP contribution in [0.4, 0.5) is 5.69 Å². The molecule has 0 aromatic heterocycles. The number of carboxylic acids is 1. The van der Waals surface area contributed by atoms with E-state index >= 15 is 0 Å². The fourth-order valence-electron chi connectivity index (χ4n) is 4.15. The average molecular weight is 471 g/mol. The molecule has 178 valence electrons. The molecule has 0 saturated carbocycles. The smallest absolute Gasteiger partial charge is 0.336 e. The molecule has 0 fully saturated rings. The second-order valence-electron chi connectivity index (χ2n) is 9.01. The number of hydrogen-bond acceptors (Lipinski definition) is 5. The van der Waals surface area contributed by atoms with Crippen LogP contribution in [0.1, 0.15) is 56.0 Å². The highest BCUT2D eigenvalue weighted by Crippen LogP contribution is 2.32. The Labute approximate surface area is 203 Å². The van der Waals surface area contributed by atoms with Crippen molar-refractivity contribution in [3.8, 4) is 5.75 Å². The molecule has 1 amide bonds. The van der Waals surface area contributed by atoms with Gasteiger partial charge >= 0.3 is 5.97 Å². The molecule has 3 aromatic rings. The van der Waals surface area contributed by atoms with Crippen LogP contribution in [0.5, 0.6) is 5.75 Å². The minimum Gasteiger partial charge on any atom is -0.497 e.